The van der Waals surface area contributed by atoms with Gasteiger partial charge in [-0.15, -0.1) is 0 Å². The van der Waals surface area contributed by atoms with E-state index in [0.717, 1.165) is 0 Å². The molecule has 0 fully saturated rings. The zero-order valence-corrected chi connectivity index (χ0v) is 10.3. The first-order valence-corrected chi connectivity index (χ1v) is 5.58. The number of aromatic amines is 1. The Morgan fingerprint density at radius 1 is 1.33 bits per heavy atom. The number of H-pyrrole nitrogens is 1. The van der Waals surface area contributed by atoms with E-state index in [1.807, 2.05) is 0 Å². The summed E-state index contributed by atoms with van der Waals surface area (Å²) in [6.45, 7) is 1.73. The molecule has 92 valence electrons. The highest BCUT2D eigenvalue weighted by molar-refractivity contribution is 6.29. The molecule has 0 radical (unpaired) electrons. The second-order valence-electron chi connectivity index (χ2n) is 3.65. The molecule has 0 aromatic carbocycles. The summed E-state index contributed by atoms with van der Waals surface area (Å²) >= 11 is 5.72. The SMILES string of the molecule is Cc1nc(Cl)ccc1NC(=O)c1cccc(=O)[nH]1. The molecule has 18 heavy (non-hydrogen) atoms. The van der Waals surface area contributed by atoms with Gasteiger partial charge in [0.1, 0.15) is 10.8 Å². The molecular formula is C12H10ClN3O2. The fourth-order valence-corrected chi connectivity index (χ4v) is 1.62. The van der Waals surface area contributed by atoms with Crippen LogP contribution in [0.25, 0.3) is 0 Å². The molecule has 2 aromatic rings. The average molecular weight is 264 g/mol. The number of carbonyl (C=O) groups is 1. The lowest BCUT2D eigenvalue weighted by atomic mass is 10.3. The number of anilines is 1. The number of rotatable bonds is 2. The molecule has 0 saturated carbocycles. The normalized spacial score (nSPS) is 10.1. The van der Waals surface area contributed by atoms with Gasteiger partial charge in [-0.1, -0.05) is 17.7 Å². The Labute approximate surface area is 108 Å². The van der Waals surface area contributed by atoms with Crippen LogP contribution in [0, 0.1) is 6.92 Å². The molecular weight excluding hydrogens is 254 g/mol. The summed E-state index contributed by atoms with van der Waals surface area (Å²) in [7, 11) is 0. The van der Waals surface area contributed by atoms with Crippen LogP contribution in [0.3, 0.4) is 0 Å². The molecule has 0 aliphatic carbocycles. The molecule has 1 amide bonds. The molecule has 2 heterocycles. The number of hydrogen-bond donors (Lipinski definition) is 2. The lowest BCUT2D eigenvalue weighted by Gasteiger charge is -2.07. The number of halogens is 1. The first-order chi connectivity index (χ1) is 8.56. The smallest absolute Gasteiger partial charge is 0.272 e. The highest BCUT2D eigenvalue weighted by atomic mass is 35.5. The number of hydrogen-bond acceptors (Lipinski definition) is 3. The highest BCUT2D eigenvalue weighted by Gasteiger charge is 2.09. The maximum atomic E-state index is 11.9. The Hall–Kier alpha value is -2.14. The molecule has 0 saturated heterocycles. The van der Waals surface area contributed by atoms with Gasteiger partial charge in [-0.2, -0.15) is 0 Å². The minimum Gasteiger partial charge on any atom is -0.319 e. The number of aryl methyl sites for hydroxylation is 1. The number of pyridine rings is 2. The number of amides is 1. The molecule has 6 heteroatoms. The third-order valence-electron chi connectivity index (χ3n) is 2.31. The molecule has 0 unspecified atom stereocenters. The van der Waals surface area contributed by atoms with Crippen molar-refractivity contribution in [3.05, 3.63) is 57.2 Å². The predicted octanol–water partition coefficient (Wildman–Crippen LogP) is 1.98. The Morgan fingerprint density at radius 2 is 2.11 bits per heavy atom. The fourth-order valence-electron chi connectivity index (χ4n) is 1.43. The molecule has 0 bridgehead atoms. The van der Waals surface area contributed by atoms with E-state index in [2.05, 4.69) is 15.3 Å². The van der Waals surface area contributed by atoms with Crippen molar-refractivity contribution in [1.82, 2.24) is 9.97 Å². The summed E-state index contributed by atoms with van der Waals surface area (Å²) in [6.07, 6.45) is 0. The van der Waals surface area contributed by atoms with E-state index in [4.69, 9.17) is 11.6 Å². The van der Waals surface area contributed by atoms with Gasteiger partial charge >= 0.3 is 0 Å². The van der Waals surface area contributed by atoms with E-state index in [0.29, 0.717) is 16.5 Å². The van der Waals surface area contributed by atoms with E-state index < -0.39 is 5.91 Å². The van der Waals surface area contributed by atoms with Crippen molar-refractivity contribution in [2.24, 2.45) is 0 Å². The highest BCUT2D eigenvalue weighted by Crippen LogP contribution is 2.16. The summed E-state index contributed by atoms with van der Waals surface area (Å²) in [5, 5.41) is 3.01. The minimum absolute atomic E-state index is 0.192. The van der Waals surface area contributed by atoms with Crippen LogP contribution in [0.5, 0.6) is 0 Å². The Balaban J connectivity index is 2.24. The topological polar surface area (TPSA) is 74.8 Å². The standard InChI is InChI=1S/C12H10ClN3O2/c1-7-8(5-6-10(13)14-7)16-12(18)9-3-2-4-11(17)15-9/h2-6H,1H3,(H,15,17)(H,16,18). The van der Waals surface area contributed by atoms with Crippen LogP contribution in [-0.2, 0) is 0 Å². The van der Waals surface area contributed by atoms with Crippen molar-refractivity contribution in [3.8, 4) is 0 Å². The predicted molar refractivity (Wildman–Crippen MR) is 69.0 cm³/mol. The Bertz CT molecular complexity index is 652. The minimum atomic E-state index is -0.403. The van der Waals surface area contributed by atoms with Gasteiger partial charge in [0, 0.05) is 6.07 Å². The Kier molecular flexibility index (Phi) is 3.43. The number of aromatic nitrogens is 2. The quantitative estimate of drug-likeness (QED) is 0.814. The summed E-state index contributed by atoms with van der Waals surface area (Å²) in [5.41, 5.74) is 1.02. The van der Waals surface area contributed by atoms with Gasteiger partial charge in [0.15, 0.2) is 0 Å². The fraction of sp³-hybridized carbons (Fsp3) is 0.0833. The van der Waals surface area contributed by atoms with Crippen molar-refractivity contribution < 1.29 is 4.79 Å². The van der Waals surface area contributed by atoms with Gasteiger partial charge in [-0.3, -0.25) is 9.59 Å². The summed E-state index contributed by atoms with van der Waals surface area (Å²) in [5.74, 6) is -0.403. The lowest BCUT2D eigenvalue weighted by Crippen LogP contribution is -2.18. The van der Waals surface area contributed by atoms with Crippen molar-refractivity contribution >= 4 is 23.2 Å². The zero-order valence-electron chi connectivity index (χ0n) is 9.53. The largest absolute Gasteiger partial charge is 0.319 e. The zero-order chi connectivity index (χ0) is 13.1. The summed E-state index contributed by atoms with van der Waals surface area (Å²) in [6, 6.07) is 7.61. The van der Waals surface area contributed by atoms with Crippen LogP contribution in [0.2, 0.25) is 5.15 Å². The van der Waals surface area contributed by atoms with Crippen LogP contribution in [-0.4, -0.2) is 15.9 Å². The van der Waals surface area contributed by atoms with Gasteiger partial charge in [0.25, 0.3) is 5.91 Å². The van der Waals surface area contributed by atoms with Gasteiger partial charge in [0.05, 0.1) is 11.4 Å². The molecule has 2 rings (SSSR count). The van der Waals surface area contributed by atoms with E-state index in [1.165, 1.54) is 18.2 Å². The van der Waals surface area contributed by atoms with Crippen molar-refractivity contribution in [2.45, 2.75) is 6.92 Å². The number of carbonyl (C=O) groups excluding carboxylic acids is 1. The molecule has 2 aromatic heterocycles. The van der Waals surface area contributed by atoms with Crippen LogP contribution in [0.1, 0.15) is 16.2 Å². The van der Waals surface area contributed by atoms with Gasteiger partial charge in [-0.05, 0) is 25.1 Å². The molecule has 0 aliphatic heterocycles. The van der Waals surface area contributed by atoms with Crippen molar-refractivity contribution in [2.75, 3.05) is 5.32 Å². The second kappa shape index (κ2) is 5.01. The molecule has 0 aliphatic rings. The van der Waals surface area contributed by atoms with Crippen LogP contribution < -0.4 is 10.9 Å². The van der Waals surface area contributed by atoms with E-state index in [-0.39, 0.29) is 11.3 Å². The lowest BCUT2D eigenvalue weighted by molar-refractivity contribution is 0.102. The first-order valence-electron chi connectivity index (χ1n) is 5.20. The van der Waals surface area contributed by atoms with Crippen molar-refractivity contribution in [3.63, 3.8) is 0 Å². The van der Waals surface area contributed by atoms with Crippen molar-refractivity contribution in [1.29, 1.82) is 0 Å². The third kappa shape index (κ3) is 2.75. The molecule has 0 atom stereocenters. The molecule has 2 N–H and O–H groups in total. The third-order valence-corrected chi connectivity index (χ3v) is 2.52. The average Bonchev–Trinajstić information content (AvgIpc) is 2.32. The molecule has 0 spiro atoms. The summed E-state index contributed by atoms with van der Waals surface area (Å²) in [4.78, 5) is 29.4. The van der Waals surface area contributed by atoms with E-state index in [1.54, 1.807) is 19.1 Å². The maximum Gasteiger partial charge on any atom is 0.272 e. The maximum absolute atomic E-state index is 11.9. The first kappa shape index (κ1) is 12.3. The van der Waals surface area contributed by atoms with Crippen LogP contribution in [0.15, 0.2) is 35.1 Å². The number of nitrogens with zero attached hydrogens (tertiary/aromatic N) is 1. The van der Waals surface area contributed by atoms with Gasteiger partial charge < -0.3 is 10.3 Å². The van der Waals surface area contributed by atoms with E-state index >= 15 is 0 Å². The monoisotopic (exact) mass is 263 g/mol. The van der Waals surface area contributed by atoms with Gasteiger partial charge in [0.2, 0.25) is 5.56 Å². The Morgan fingerprint density at radius 3 is 2.78 bits per heavy atom. The van der Waals surface area contributed by atoms with Gasteiger partial charge in [-0.25, -0.2) is 4.98 Å². The second-order valence-corrected chi connectivity index (χ2v) is 4.04. The van der Waals surface area contributed by atoms with Crippen LogP contribution >= 0.6 is 11.6 Å². The molecule has 5 nitrogen and oxygen atoms in total. The number of nitrogens with one attached hydrogen (secondary N) is 2. The summed E-state index contributed by atoms with van der Waals surface area (Å²) < 4.78 is 0. The van der Waals surface area contributed by atoms with Crippen LogP contribution in [0.4, 0.5) is 5.69 Å². The van der Waals surface area contributed by atoms with E-state index in [9.17, 15) is 9.59 Å².